The lowest BCUT2D eigenvalue weighted by molar-refractivity contribution is -0.115. The maximum absolute atomic E-state index is 12.0. The molecule has 20 heavy (non-hydrogen) atoms. The first-order chi connectivity index (χ1) is 9.58. The smallest absolute Gasteiger partial charge is 0.229 e. The molecule has 2 rings (SSSR count). The molecule has 106 valence electrons. The van der Waals surface area contributed by atoms with Crippen LogP contribution in [0, 0.1) is 0 Å². The normalized spacial score (nSPS) is 10.6. The molecule has 0 spiro atoms. The molecule has 1 heterocycles. The molecule has 1 aromatic heterocycles. The molecule has 1 amide bonds. The molecule has 0 fully saturated rings. The first kappa shape index (κ1) is 14.1. The monoisotopic (exact) mass is 273 g/mol. The highest BCUT2D eigenvalue weighted by Gasteiger charge is 2.09. The minimum atomic E-state index is -0.0972. The van der Waals surface area contributed by atoms with Crippen LogP contribution in [0.15, 0.2) is 30.3 Å². The van der Waals surface area contributed by atoms with Crippen molar-refractivity contribution >= 4 is 11.7 Å². The minimum absolute atomic E-state index is 0.0972. The number of aromatic amines is 1. The van der Waals surface area contributed by atoms with Crippen LogP contribution in [-0.2, 0) is 11.2 Å². The van der Waals surface area contributed by atoms with Gasteiger partial charge in [-0.2, -0.15) is 5.10 Å². The number of H-pyrrole nitrogens is 1. The van der Waals surface area contributed by atoms with Crippen LogP contribution in [0.25, 0.3) is 0 Å². The van der Waals surface area contributed by atoms with Gasteiger partial charge in [-0.15, -0.1) is 0 Å². The van der Waals surface area contributed by atoms with Crippen molar-refractivity contribution in [3.63, 3.8) is 0 Å². The van der Waals surface area contributed by atoms with Gasteiger partial charge >= 0.3 is 0 Å². The Bertz CT molecular complexity index is 590. The lowest BCUT2D eigenvalue weighted by atomic mass is 10.1. The van der Waals surface area contributed by atoms with E-state index in [0.29, 0.717) is 18.2 Å². The summed E-state index contributed by atoms with van der Waals surface area (Å²) in [5.41, 5.74) is 1.91. The van der Waals surface area contributed by atoms with Gasteiger partial charge < -0.3 is 10.1 Å². The molecule has 1 aromatic carbocycles. The molecular formula is C15H19N3O2. The van der Waals surface area contributed by atoms with E-state index in [1.807, 2.05) is 30.3 Å². The summed E-state index contributed by atoms with van der Waals surface area (Å²) < 4.78 is 5.14. The average Bonchev–Trinajstić information content (AvgIpc) is 2.87. The number of amides is 1. The van der Waals surface area contributed by atoms with Gasteiger partial charge in [0.1, 0.15) is 5.75 Å². The highest BCUT2D eigenvalue weighted by Crippen LogP contribution is 2.16. The first-order valence-electron chi connectivity index (χ1n) is 6.56. The summed E-state index contributed by atoms with van der Waals surface area (Å²) in [6.45, 7) is 4.13. The Morgan fingerprint density at radius 3 is 2.85 bits per heavy atom. The summed E-state index contributed by atoms with van der Waals surface area (Å²) in [5.74, 6) is 1.56. The number of benzene rings is 1. The lowest BCUT2D eigenvalue weighted by Gasteiger charge is -2.04. The van der Waals surface area contributed by atoms with Gasteiger partial charge in [0.15, 0.2) is 5.82 Å². The molecule has 0 unspecified atom stereocenters. The number of aromatic nitrogens is 2. The van der Waals surface area contributed by atoms with Crippen molar-refractivity contribution in [2.45, 2.75) is 26.2 Å². The molecule has 0 radical (unpaired) electrons. The molecule has 0 atom stereocenters. The van der Waals surface area contributed by atoms with E-state index in [1.165, 1.54) is 0 Å². The van der Waals surface area contributed by atoms with Gasteiger partial charge in [-0.05, 0) is 23.6 Å². The Balaban J connectivity index is 1.97. The second-order valence-electron chi connectivity index (χ2n) is 4.94. The first-order valence-corrected chi connectivity index (χ1v) is 6.56. The Morgan fingerprint density at radius 2 is 2.20 bits per heavy atom. The Morgan fingerprint density at radius 1 is 1.40 bits per heavy atom. The Kier molecular flexibility index (Phi) is 4.40. The van der Waals surface area contributed by atoms with Crippen LogP contribution in [0.1, 0.15) is 31.0 Å². The van der Waals surface area contributed by atoms with Gasteiger partial charge in [0, 0.05) is 11.8 Å². The number of hydrogen-bond donors (Lipinski definition) is 2. The maximum atomic E-state index is 12.0. The zero-order chi connectivity index (χ0) is 14.5. The highest BCUT2D eigenvalue weighted by molar-refractivity contribution is 5.91. The molecule has 5 nitrogen and oxygen atoms in total. The molecule has 0 aliphatic carbocycles. The molecule has 0 aliphatic rings. The Hall–Kier alpha value is -2.30. The lowest BCUT2D eigenvalue weighted by Crippen LogP contribution is -2.14. The summed E-state index contributed by atoms with van der Waals surface area (Å²) in [6, 6.07) is 9.32. The van der Waals surface area contributed by atoms with Crippen LogP contribution in [0.4, 0.5) is 5.82 Å². The van der Waals surface area contributed by atoms with Gasteiger partial charge in [0.05, 0.1) is 13.5 Å². The van der Waals surface area contributed by atoms with Crippen LogP contribution in [-0.4, -0.2) is 23.2 Å². The van der Waals surface area contributed by atoms with Gasteiger partial charge in [0.25, 0.3) is 0 Å². The largest absolute Gasteiger partial charge is 0.497 e. The van der Waals surface area contributed by atoms with Crippen LogP contribution >= 0.6 is 0 Å². The van der Waals surface area contributed by atoms with Crippen LogP contribution in [0.5, 0.6) is 5.75 Å². The fraction of sp³-hybridized carbons (Fsp3) is 0.333. The van der Waals surface area contributed by atoms with Crippen LogP contribution in [0.3, 0.4) is 0 Å². The van der Waals surface area contributed by atoms with Gasteiger partial charge in [-0.3, -0.25) is 9.89 Å². The summed E-state index contributed by atoms with van der Waals surface area (Å²) in [6.07, 6.45) is 0.293. The van der Waals surface area contributed by atoms with Crippen LogP contribution < -0.4 is 10.1 Å². The van der Waals surface area contributed by atoms with Crippen molar-refractivity contribution in [1.29, 1.82) is 0 Å². The van der Waals surface area contributed by atoms with E-state index in [0.717, 1.165) is 17.0 Å². The molecule has 0 saturated carbocycles. The van der Waals surface area contributed by atoms with E-state index in [9.17, 15) is 4.79 Å². The van der Waals surface area contributed by atoms with Crippen molar-refractivity contribution in [2.75, 3.05) is 12.4 Å². The van der Waals surface area contributed by atoms with Gasteiger partial charge in [-0.1, -0.05) is 26.0 Å². The van der Waals surface area contributed by atoms with Crippen LogP contribution in [0.2, 0.25) is 0 Å². The van der Waals surface area contributed by atoms with Crippen molar-refractivity contribution in [1.82, 2.24) is 10.2 Å². The number of carbonyl (C=O) groups is 1. The topological polar surface area (TPSA) is 67.0 Å². The number of carbonyl (C=O) groups excluding carboxylic acids is 1. The van der Waals surface area contributed by atoms with Crippen molar-refractivity contribution < 1.29 is 9.53 Å². The second-order valence-corrected chi connectivity index (χ2v) is 4.94. The molecule has 5 heteroatoms. The van der Waals surface area contributed by atoms with E-state index in [-0.39, 0.29) is 5.91 Å². The van der Waals surface area contributed by atoms with Crippen molar-refractivity contribution in [2.24, 2.45) is 0 Å². The summed E-state index contributed by atoms with van der Waals surface area (Å²) in [4.78, 5) is 12.0. The van der Waals surface area contributed by atoms with E-state index in [1.54, 1.807) is 7.11 Å². The number of methoxy groups -OCH3 is 1. The summed E-state index contributed by atoms with van der Waals surface area (Å²) in [7, 11) is 1.61. The number of ether oxygens (including phenoxy) is 1. The molecule has 0 saturated heterocycles. The molecule has 2 aromatic rings. The number of hydrogen-bond acceptors (Lipinski definition) is 3. The highest BCUT2D eigenvalue weighted by atomic mass is 16.5. The number of anilines is 1. The number of nitrogens with one attached hydrogen (secondary N) is 2. The van der Waals surface area contributed by atoms with Crippen molar-refractivity contribution in [3.05, 3.63) is 41.6 Å². The quantitative estimate of drug-likeness (QED) is 0.880. The minimum Gasteiger partial charge on any atom is -0.497 e. The SMILES string of the molecule is COc1cccc(CC(=O)Nc2cc(C(C)C)[nH]n2)c1. The summed E-state index contributed by atoms with van der Waals surface area (Å²) >= 11 is 0. The molecule has 0 bridgehead atoms. The molecule has 2 N–H and O–H groups in total. The number of nitrogens with zero attached hydrogens (tertiary/aromatic N) is 1. The van der Waals surface area contributed by atoms with E-state index in [2.05, 4.69) is 29.4 Å². The molecule has 0 aliphatic heterocycles. The third-order valence-electron chi connectivity index (χ3n) is 2.99. The average molecular weight is 273 g/mol. The predicted molar refractivity (Wildman–Crippen MR) is 78.0 cm³/mol. The Labute approximate surface area is 118 Å². The zero-order valence-corrected chi connectivity index (χ0v) is 11.9. The van der Waals surface area contributed by atoms with Gasteiger partial charge in [0.2, 0.25) is 5.91 Å². The zero-order valence-electron chi connectivity index (χ0n) is 11.9. The fourth-order valence-corrected chi connectivity index (χ4v) is 1.85. The number of rotatable bonds is 5. The standard InChI is InChI=1S/C15H19N3O2/c1-10(2)13-9-14(18-17-13)16-15(19)8-11-5-4-6-12(7-11)20-3/h4-7,9-10H,8H2,1-3H3,(H2,16,17,18,19). The predicted octanol–water partition coefficient (Wildman–Crippen LogP) is 2.72. The third kappa shape index (κ3) is 3.60. The fourth-order valence-electron chi connectivity index (χ4n) is 1.85. The maximum Gasteiger partial charge on any atom is 0.229 e. The van der Waals surface area contributed by atoms with E-state index < -0.39 is 0 Å². The second kappa shape index (κ2) is 6.23. The van der Waals surface area contributed by atoms with Crippen molar-refractivity contribution in [3.8, 4) is 5.75 Å². The summed E-state index contributed by atoms with van der Waals surface area (Å²) in [5, 5.41) is 9.76. The third-order valence-corrected chi connectivity index (χ3v) is 2.99. The molecular weight excluding hydrogens is 254 g/mol. The van der Waals surface area contributed by atoms with E-state index in [4.69, 9.17) is 4.74 Å². The van der Waals surface area contributed by atoms with E-state index >= 15 is 0 Å². The van der Waals surface area contributed by atoms with Gasteiger partial charge in [-0.25, -0.2) is 0 Å².